The number of ether oxygens (including phenoxy) is 4. The Balaban J connectivity index is 5.28. The van der Waals surface area contributed by atoms with Crippen LogP contribution in [0.25, 0.3) is 0 Å². The average Bonchev–Trinajstić information content (AvgIpc) is 3.64. The van der Waals surface area contributed by atoms with E-state index in [2.05, 4.69) is 72.8 Å². The van der Waals surface area contributed by atoms with Gasteiger partial charge in [0.05, 0.1) is 26.4 Å². The zero-order valence-electron chi connectivity index (χ0n) is 57.4. The smallest absolute Gasteiger partial charge is 0.462 e. The molecule has 0 saturated carbocycles. The van der Waals surface area contributed by atoms with Crippen LogP contribution in [-0.2, 0) is 65.4 Å². The van der Waals surface area contributed by atoms with Gasteiger partial charge in [0.1, 0.15) is 19.3 Å². The Hall–Kier alpha value is -2.46. The van der Waals surface area contributed by atoms with E-state index < -0.39 is 97.5 Å². The topological polar surface area (TPSA) is 237 Å². The molecule has 0 aliphatic carbocycles. The van der Waals surface area contributed by atoms with E-state index in [1.807, 2.05) is 0 Å². The molecule has 89 heavy (non-hydrogen) atoms. The summed E-state index contributed by atoms with van der Waals surface area (Å²) in [6.45, 7) is 11.7. The molecule has 5 atom stereocenters. The summed E-state index contributed by atoms with van der Waals surface area (Å²) < 4.78 is 68.2. The minimum absolute atomic E-state index is 0.0837. The summed E-state index contributed by atoms with van der Waals surface area (Å²) in [4.78, 5) is 72.5. The fourth-order valence-corrected chi connectivity index (χ4v) is 11.6. The highest BCUT2D eigenvalue weighted by molar-refractivity contribution is 7.47. The minimum Gasteiger partial charge on any atom is -0.462 e. The molecule has 0 heterocycles. The van der Waals surface area contributed by atoms with E-state index in [0.29, 0.717) is 37.5 Å². The van der Waals surface area contributed by atoms with Crippen molar-refractivity contribution in [2.45, 2.75) is 343 Å². The molecule has 0 aromatic rings. The fourth-order valence-electron chi connectivity index (χ4n) is 10.0. The lowest BCUT2D eigenvalue weighted by Gasteiger charge is -2.21. The Morgan fingerprint density at radius 1 is 0.348 bits per heavy atom. The Morgan fingerprint density at radius 2 is 0.607 bits per heavy atom. The van der Waals surface area contributed by atoms with E-state index in [4.69, 9.17) is 37.0 Å². The number of aliphatic hydroxyl groups is 1. The SMILES string of the molecule is CCCCCC/C=C\C=C/CCCCCCCC(=O)O[C@H](COC(=O)CCCCCCCCCC(C)C)COP(=O)(O)OCC(O)COP(=O)(O)OC[C@@H](COC(=O)CCCCCCCCCC(C)C)OC(=O)CCCCCCCCCCCCCC(C)C. The Labute approximate surface area is 542 Å². The quantitative estimate of drug-likeness (QED) is 0.0169. The normalized spacial score (nSPS) is 14.4. The Morgan fingerprint density at radius 3 is 0.910 bits per heavy atom. The van der Waals surface area contributed by atoms with Crippen LogP contribution in [-0.4, -0.2) is 96.7 Å². The molecule has 19 heteroatoms. The van der Waals surface area contributed by atoms with Crippen LogP contribution in [0.1, 0.15) is 325 Å². The van der Waals surface area contributed by atoms with Crippen LogP contribution >= 0.6 is 15.6 Å². The average molecular weight is 1310 g/mol. The molecule has 0 aliphatic rings. The van der Waals surface area contributed by atoms with Gasteiger partial charge in [0.15, 0.2) is 12.2 Å². The van der Waals surface area contributed by atoms with Crippen molar-refractivity contribution in [3.05, 3.63) is 24.3 Å². The molecule has 0 rings (SSSR count). The maximum Gasteiger partial charge on any atom is 0.472 e. The third-order valence-electron chi connectivity index (χ3n) is 15.5. The van der Waals surface area contributed by atoms with E-state index >= 15 is 0 Å². The fraction of sp³-hybridized carbons (Fsp3) is 0.886. The van der Waals surface area contributed by atoms with Crippen molar-refractivity contribution in [3.8, 4) is 0 Å². The van der Waals surface area contributed by atoms with E-state index in [1.165, 1.54) is 109 Å². The second kappa shape index (κ2) is 60.5. The number of carbonyl (C=O) groups is 4. The standard InChI is InChI=1S/C70H132O17P2/c1-8-9-10-11-12-13-14-15-16-17-20-23-30-39-46-53-69(74)86-65(57-80-67(72)51-44-37-32-25-28-35-42-49-62(4)5)59-84-88(76,77)82-55-64(71)56-83-89(78,79)85-60-66(58-81-68(73)52-45-38-33-26-29-36-43-50-63(6)7)87-70(75)54-47-40-31-24-21-18-19-22-27-34-41-48-61(2)3/h13-16,61-66,71H,8-12,17-60H2,1-7H3,(H,76,77)(H,78,79)/b14-13-,16-15-/t64?,65-,66-/m1/s1. The molecule has 0 aromatic heterocycles. The Bertz CT molecular complexity index is 1840. The summed E-state index contributed by atoms with van der Waals surface area (Å²) in [6.07, 6.45) is 46.8. The van der Waals surface area contributed by atoms with Gasteiger partial charge >= 0.3 is 39.5 Å². The molecular formula is C70H132O17P2. The highest BCUT2D eigenvalue weighted by Crippen LogP contribution is 2.45. The third kappa shape index (κ3) is 64.1. The van der Waals surface area contributed by atoms with Crippen molar-refractivity contribution in [1.29, 1.82) is 0 Å². The summed E-state index contributed by atoms with van der Waals surface area (Å²) in [7, 11) is -9.91. The van der Waals surface area contributed by atoms with Crippen LogP contribution in [0, 0.1) is 17.8 Å². The maximum absolute atomic E-state index is 13.0. The molecule has 0 fully saturated rings. The zero-order valence-corrected chi connectivity index (χ0v) is 59.2. The largest absolute Gasteiger partial charge is 0.472 e. The summed E-state index contributed by atoms with van der Waals surface area (Å²) in [5, 5.41) is 10.6. The molecule has 0 saturated heterocycles. The van der Waals surface area contributed by atoms with E-state index in [-0.39, 0.29) is 25.7 Å². The molecule has 17 nitrogen and oxygen atoms in total. The number of hydrogen-bond acceptors (Lipinski definition) is 15. The highest BCUT2D eigenvalue weighted by Gasteiger charge is 2.30. The van der Waals surface area contributed by atoms with Crippen LogP contribution in [0.3, 0.4) is 0 Å². The molecule has 0 aromatic carbocycles. The van der Waals surface area contributed by atoms with E-state index in [1.54, 1.807) is 0 Å². The summed E-state index contributed by atoms with van der Waals surface area (Å²) in [6, 6.07) is 0. The van der Waals surface area contributed by atoms with Gasteiger partial charge < -0.3 is 33.8 Å². The molecule has 3 N–H and O–H groups in total. The molecule has 3 unspecified atom stereocenters. The van der Waals surface area contributed by atoms with Crippen molar-refractivity contribution >= 4 is 39.5 Å². The molecule has 0 amide bonds. The number of unbranched alkanes of at least 4 members (excludes halogenated alkanes) is 31. The number of rotatable bonds is 66. The highest BCUT2D eigenvalue weighted by atomic mass is 31.2. The first-order valence-corrected chi connectivity index (χ1v) is 38.7. The summed E-state index contributed by atoms with van der Waals surface area (Å²) in [5.41, 5.74) is 0. The number of hydrogen-bond donors (Lipinski definition) is 3. The van der Waals surface area contributed by atoms with Gasteiger partial charge in [-0.3, -0.25) is 37.3 Å². The molecule has 0 aliphatic heterocycles. The van der Waals surface area contributed by atoms with Crippen molar-refractivity contribution < 1.29 is 80.2 Å². The van der Waals surface area contributed by atoms with Crippen LogP contribution in [0.4, 0.5) is 0 Å². The predicted octanol–water partition coefficient (Wildman–Crippen LogP) is 19.4. The van der Waals surface area contributed by atoms with Crippen LogP contribution in [0.5, 0.6) is 0 Å². The number of aliphatic hydroxyl groups excluding tert-OH is 1. The van der Waals surface area contributed by atoms with Gasteiger partial charge in [-0.1, -0.05) is 272 Å². The zero-order chi connectivity index (χ0) is 65.9. The lowest BCUT2D eigenvalue weighted by Crippen LogP contribution is -2.30. The lowest BCUT2D eigenvalue weighted by atomic mass is 10.0. The van der Waals surface area contributed by atoms with E-state index in [0.717, 1.165) is 121 Å². The van der Waals surface area contributed by atoms with Crippen LogP contribution in [0.2, 0.25) is 0 Å². The second-order valence-electron chi connectivity index (χ2n) is 26.0. The number of phosphoric acid groups is 2. The molecule has 0 spiro atoms. The van der Waals surface area contributed by atoms with Crippen molar-refractivity contribution in [2.24, 2.45) is 17.8 Å². The monoisotopic (exact) mass is 1310 g/mol. The van der Waals surface area contributed by atoms with Gasteiger partial charge in [0, 0.05) is 25.7 Å². The summed E-state index contributed by atoms with van der Waals surface area (Å²) >= 11 is 0. The van der Waals surface area contributed by atoms with Gasteiger partial charge in [0.2, 0.25) is 0 Å². The van der Waals surface area contributed by atoms with E-state index in [9.17, 15) is 43.2 Å². The molecule has 0 bridgehead atoms. The minimum atomic E-state index is -4.96. The first-order valence-electron chi connectivity index (χ1n) is 35.7. The molecule has 0 radical (unpaired) electrons. The molecular weight excluding hydrogens is 1170 g/mol. The van der Waals surface area contributed by atoms with Gasteiger partial charge in [-0.15, -0.1) is 0 Å². The summed E-state index contributed by atoms with van der Waals surface area (Å²) in [5.74, 6) is 0.00963. The van der Waals surface area contributed by atoms with Crippen molar-refractivity contribution in [1.82, 2.24) is 0 Å². The number of phosphoric ester groups is 2. The lowest BCUT2D eigenvalue weighted by molar-refractivity contribution is -0.161. The first kappa shape index (κ1) is 86.5. The van der Waals surface area contributed by atoms with Crippen molar-refractivity contribution in [2.75, 3.05) is 39.6 Å². The first-order chi connectivity index (χ1) is 42.7. The number of esters is 4. The van der Waals surface area contributed by atoms with Crippen molar-refractivity contribution in [3.63, 3.8) is 0 Å². The maximum atomic E-state index is 13.0. The predicted molar refractivity (Wildman–Crippen MR) is 358 cm³/mol. The second-order valence-corrected chi connectivity index (χ2v) is 28.9. The number of carbonyl (C=O) groups excluding carboxylic acids is 4. The Kier molecular flexibility index (Phi) is 58.8. The molecule has 524 valence electrons. The van der Waals surface area contributed by atoms with Crippen LogP contribution < -0.4 is 0 Å². The van der Waals surface area contributed by atoms with Gasteiger partial charge in [-0.2, -0.15) is 0 Å². The number of allylic oxidation sites excluding steroid dienone is 4. The van der Waals surface area contributed by atoms with Gasteiger partial charge in [-0.25, -0.2) is 9.13 Å². The van der Waals surface area contributed by atoms with Gasteiger partial charge in [0.25, 0.3) is 0 Å². The third-order valence-corrected chi connectivity index (χ3v) is 17.4. The van der Waals surface area contributed by atoms with Crippen LogP contribution in [0.15, 0.2) is 24.3 Å². The van der Waals surface area contributed by atoms with Gasteiger partial charge in [-0.05, 0) is 69.1 Å².